The van der Waals surface area contributed by atoms with Gasteiger partial charge in [-0.1, -0.05) is 26.0 Å². The van der Waals surface area contributed by atoms with E-state index in [4.69, 9.17) is 0 Å². The molecule has 2 aromatic carbocycles. The minimum atomic E-state index is -3.65. The Hall–Kier alpha value is -3.24. The third kappa shape index (κ3) is 4.68. The van der Waals surface area contributed by atoms with Gasteiger partial charge in [-0.15, -0.1) is 0 Å². The summed E-state index contributed by atoms with van der Waals surface area (Å²) in [4.78, 5) is 41.5. The van der Waals surface area contributed by atoms with Gasteiger partial charge in [-0.3, -0.25) is 14.4 Å². The van der Waals surface area contributed by atoms with Crippen LogP contribution in [-0.4, -0.2) is 59.3 Å². The third-order valence-corrected chi connectivity index (χ3v) is 8.68. The van der Waals surface area contributed by atoms with Crippen LogP contribution in [0.2, 0.25) is 0 Å². The molecular weight excluding hydrogens is 468 g/mol. The quantitative estimate of drug-likeness (QED) is 0.525. The number of carbonyl (C=O) groups is 1. The fourth-order valence-electron chi connectivity index (χ4n) is 4.39. The number of hydrogen-bond donors (Lipinski definition) is 1. The molecule has 0 aliphatic carbocycles. The van der Waals surface area contributed by atoms with Crippen molar-refractivity contribution >= 4 is 27.0 Å². The van der Waals surface area contributed by atoms with Gasteiger partial charge in [0.05, 0.1) is 15.9 Å². The van der Waals surface area contributed by atoms with Crippen molar-refractivity contribution in [3.05, 3.63) is 74.3 Å². The number of H-pyrrole nitrogens is 1. The number of nitrogens with zero attached hydrogens (tertiary/aromatic N) is 3. The Morgan fingerprint density at radius 1 is 1.00 bits per heavy atom. The van der Waals surface area contributed by atoms with Crippen molar-refractivity contribution in [2.24, 2.45) is 0 Å². The van der Waals surface area contributed by atoms with Gasteiger partial charge in [0.2, 0.25) is 10.0 Å². The Morgan fingerprint density at radius 3 is 2.26 bits per heavy atom. The van der Waals surface area contributed by atoms with Crippen LogP contribution in [0.1, 0.15) is 49.0 Å². The first-order valence-electron chi connectivity index (χ1n) is 11.8. The van der Waals surface area contributed by atoms with E-state index in [0.717, 1.165) is 12.0 Å². The lowest BCUT2D eigenvalue weighted by atomic mass is 9.99. The van der Waals surface area contributed by atoms with Gasteiger partial charge in [-0.25, -0.2) is 8.42 Å². The Bertz CT molecular complexity index is 1470. The molecule has 4 rings (SSSR count). The SMILES string of the molecule is CCC(C)c1ccc(S(=O)(=O)N2CCN(C(=O)c3ccc4c(c3)[nH]c(=O)c(=O)n4CC)CC2)cc1. The average Bonchev–Trinajstić information content (AvgIpc) is 2.88. The molecule has 9 nitrogen and oxygen atoms in total. The summed E-state index contributed by atoms with van der Waals surface area (Å²) in [5.74, 6) is 0.112. The van der Waals surface area contributed by atoms with Crippen LogP contribution >= 0.6 is 0 Å². The highest BCUT2D eigenvalue weighted by Gasteiger charge is 2.30. The van der Waals surface area contributed by atoms with E-state index in [2.05, 4.69) is 18.8 Å². The van der Waals surface area contributed by atoms with Crippen LogP contribution in [0.15, 0.2) is 56.9 Å². The van der Waals surface area contributed by atoms with Gasteiger partial charge >= 0.3 is 11.1 Å². The zero-order chi connectivity index (χ0) is 25.3. The minimum absolute atomic E-state index is 0.195. The van der Waals surface area contributed by atoms with Crippen molar-refractivity contribution < 1.29 is 13.2 Å². The number of sulfonamides is 1. The number of aromatic amines is 1. The molecule has 2 heterocycles. The summed E-state index contributed by atoms with van der Waals surface area (Å²) in [6.07, 6.45) is 0.980. The maximum Gasteiger partial charge on any atom is 0.316 e. The van der Waals surface area contributed by atoms with Crippen molar-refractivity contribution in [3.63, 3.8) is 0 Å². The molecule has 1 aromatic heterocycles. The van der Waals surface area contributed by atoms with Crippen molar-refractivity contribution in [2.75, 3.05) is 26.2 Å². The Kier molecular flexibility index (Phi) is 6.95. The first kappa shape index (κ1) is 24.9. The van der Waals surface area contributed by atoms with Gasteiger partial charge in [-0.05, 0) is 55.2 Å². The smallest absolute Gasteiger partial charge is 0.316 e. The number of carbonyl (C=O) groups excluding carboxylic acids is 1. The monoisotopic (exact) mass is 498 g/mol. The maximum atomic E-state index is 13.1. The van der Waals surface area contributed by atoms with Crippen LogP contribution < -0.4 is 11.1 Å². The largest absolute Gasteiger partial charge is 0.336 e. The normalized spacial score (nSPS) is 15.9. The lowest BCUT2D eigenvalue weighted by Gasteiger charge is -2.34. The number of rotatable bonds is 6. The molecule has 1 saturated heterocycles. The second-order valence-electron chi connectivity index (χ2n) is 8.81. The highest BCUT2D eigenvalue weighted by Crippen LogP contribution is 2.23. The molecule has 1 unspecified atom stereocenters. The van der Waals surface area contributed by atoms with Gasteiger partial charge in [0, 0.05) is 38.3 Å². The summed E-state index contributed by atoms with van der Waals surface area (Å²) in [6, 6.07) is 11.9. The van der Waals surface area contributed by atoms with E-state index < -0.39 is 21.1 Å². The summed E-state index contributed by atoms with van der Waals surface area (Å²) in [5, 5.41) is 0. The van der Waals surface area contributed by atoms with E-state index in [1.807, 2.05) is 12.1 Å². The second kappa shape index (κ2) is 9.79. The standard InChI is InChI=1S/C25H30N4O5S/c1-4-17(3)18-6-9-20(10-7-18)35(33,34)28-14-12-27(13-15-28)24(31)19-8-11-22-21(16-19)26-23(30)25(32)29(22)5-2/h6-11,16-17H,4-5,12-15H2,1-3H3,(H,26,30). The third-order valence-electron chi connectivity index (χ3n) is 6.76. The predicted molar refractivity (Wildman–Crippen MR) is 134 cm³/mol. The van der Waals surface area contributed by atoms with Gasteiger partial charge in [-0.2, -0.15) is 4.31 Å². The Balaban J connectivity index is 1.49. The van der Waals surface area contributed by atoms with Crippen LogP contribution in [0, 0.1) is 0 Å². The lowest BCUT2D eigenvalue weighted by Crippen LogP contribution is -2.50. The summed E-state index contributed by atoms with van der Waals surface area (Å²) >= 11 is 0. The van der Waals surface area contributed by atoms with E-state index in [0.29, 0.717) is 29.1 Å². The van der Waals surface area contributed by atoms with E-state index >= 15 is 0 Å². The van der Waals surface area contributed by atoms with Crippen molar-refractivity contribution in [2.45, 2.75) is 44.6 Å². The second-order valence-corrected chi connectivity index (χ2v) is 10.7. The van der Waals surface area contributed by atoms with E-state index in [9.17, 15) is 22.8 Å². The predicted octanol–water partition coefficient (Wildman–Crippen LogP) is 2.37. The minimum Gasteiger partial charge on any atom is -0.336 e. The molecule has 3 aromatic rings. The zero-order valence-electron chi connectivity index (χ0n) is 20.2. The highest BCUT2D eigenvalue weighted by molar-refractivity contribution is 7.89. The van der Waals surface area contributed by atoms with E-state index in [-0.39, 0.29) is 37.0 Å². The van der Waals surface area contributed by atoms with Crippen molar-refractivity contribution in [1.29, 1.82) is 0 Å². The summed E-state index contributed by atoms with van der Waals surface area (Å²) < 4.78 is 29.0. The molecule has 0 saturated carbocycles. The zero-order valence-corrected chi connectivity index (χ0v) is 21.0. The topological polar surface area (TPSA) is 113 Å². The molecule has 35 heavy (non-hydrogen) atoms. The number of aryl methyl sites for hydroxylation is 1. The molecule has 186 valence electrons. The van der Waals surface area contributed by atoms with Crippen LogP contribution in [0.25, 0.3) is 11.0 Å². The number of benzene rings is 2. The number of amides is 1. The fraction of sp³-hybridized carbons (Fsp3) is 0.400. The van der Waals surface area contributed by atoms with Gasteiger partial charge in [0.15, 0.2) is 0 Å². The molecule has 0 radical (unpaired) electrons. The number of fused-ring (bicyclic) bond motifs is 1. The number of piperazine rings is 1. The number of aromatic nitrogens is 2. The fourth-order valence-corrected chi connectivity index (χ4v) is 5.82. The van der Waals surface area contributed by atoms with Gasteiger partial charge < -0.3 is 14.5 Å². The molecule has 1 N–H and O–H groups in total. The molecule has 1 amide bonds. The highest BCUT2D eigenvalue weighted by atomic mass is 32.2. The molecule has 1 aliphatic heterocycles. The Morgan fingerprint density at radius 2 is 1.66 bits per heavy atom. The molecule has 1 aliphatic rings. The lowest BCUT2D eigenvalue weighted by molar-refractivity contribution is 0.0698. The van der Waals surface area contributed by atoms with E-state index in [1.54, 1.807) is 42.2 Å². The number of hydrogen-bond acceptors (Lipinski definition) is 5. The molecule has 1 fully saturated rings. The molecule has 0 bridgehead atoms. The average molecular weight is 499 g/mol. The molecular formula is C25H30N4O5S. The van der Waals surface area contributed by atoms with Crippen LogP contribution in [0.4, 0.5) is 0 Å². The molecule has 1 atom stereocenters. The van der Waals surface area contributed by atoms with Gasteiger partial charge in [0.1, 0.15) is 0 Å². The van der Waals surface area contributed by atoms with Crippen LogP contribution in [-0.2, 0) is 16.6 Å². The Labute approximate surface area is 204 Å². The molecule has 10 heteroatoms. The van der Waals surface area contributed by atoms with Crippen molar-refractivity contribution in [3.8, 4) is 0 Å². The van der Waals surface area contributed by atoms with Crippen LogP contribution in [0.3, 0.4) is 0 Å². The van der Waals surface area contributed by atoms with Crippen LogP contribution in [0.5, 0.6) is 0 Å². The number of nitrogens with one attached hydrogen (secondary N) is 1. The summed E-state index contributed by atoms with van der Waals surface area (Å²) in [5.41, 5.74) is 1.06. The molecule has 0 spiro atoms. The summed E-state index contributed by atoms with van der Waals surface area (Å²) in [7, 11) is -3.65. The summed E-state index contributed by atoms with van der Waals surface area (Å²) in [6.45, 7) is 7.21. The maximum absolute atomic E-state index is 13.1. The first-order valence-corrected chi connectivity index (χ1v) is 13.3. The van der Waals surface area contributed by atoms with E-state index in [1.165, 1.54) is 8.87 Å². The first-order chi connectivity index (χ1) is 16.7. The van der Waals surface area contributed by atoms with Gasteiger partial charge in [0.25, 0.3) is 5.91 Å². The van der Waals surface area contributed by atoms with Crippen molar-refractivity contribution in [1.82, 2.24) is 18.8 Å².